The topological polar surface area (TPSA) is 15.7 Å². The van der Waals surface area contributed by atoms with Gasteiger partial charge >= 0.3 is 0 Å². The van der Waals surface area contributed by atoms with Gasteiger partial charge < -0.3 is 9.64 Å². The van der Waals surface area contributed by atoms with Crippen molar-refractivity contribution in [2.75, 3.05) is 31.1 Å². The summed E-state index contributed by atoms with van der Waals surface area (Å²) in [6, 6.07) is 14.5. The van der Waals surface area contributed by atoms with Gasteiger partial charge in [0.05, 0.1) is 18.4 Å². The van der Waals surface area contributed by atoms with Crippen LogP contribution in [0.2, 0.25) is 0 Å². The monoisotopic (exact) mass is 412 g/mol. The fraction of sp³-hybridized carbons (Fsp3) is 0.538. The molecule has 0 aliphatic carbocycles. The Labute approximate surface area is 181 Å². The Morgan fingerprint density at radius 3 is 2.13 bits per heavy atom. The molecule has 164 valence electrons. The summed E-state index contributed by atoms with van der Waals surface area (Å²) in [5, 5.41) is 0. The van der Waals surface area contributed by atoms with E-state index in [2.05, 4.69) is 67.8 Å². The van der Waals surface area contributed by atoms with Crippen LogP contribution >= 0.6 is 0 Å². The van der Waals surface area contributed by atoms with E-state index in [4.69, 9.17) is 4.74 Å². The minimum Gasteiger partial charge on any atom is -0.374 e. The van der Waals surface area contributed by atoms with E-state index in [1.165, 1.54) is 11.1 Å². The van der Waals surface area contributed by atoms with Gasteiger partial charge in [0.25, 0.3) is 0 Å². The zero-order chi connectivity index (χ0) is 21.5. The highest BCUT2D eigenvalue weighted by Gasteiger charge is 2.20. The van der Waals surface area contributed by atoms with Crippen LogP contribution in [0.15, 0.2) is 42.5 Å². The molecule has 2 aromatic rings. The lowest BCUT2D eigenvalue weighted by molar-refractivity contribution is 0.0657. The van der Waals surface area contributed by atoms with Crippen LogP contribution in [0.25, 0.3) is 0 Å². The minimum atomic E-state index is -0.0801. The maximum Gasteiger partial charge on any atom is 0.146 e. The summed E-state index contributed by atoms with van der Waals surface area (Å²) in [7, 11) is 0. The summed E-state index contributed by atoms with van der Waals surface area (Å²) in [5.41, 5.74) is 4.38. The lowest BCUT2D eigenvalue weighted by Gasteiger charge is -2.36. The van der Waals surface area contributed by atoms with Crippen LogP contribution in [0.3, 0.4) is 0 Å². The Balaban J connectivity index is 1.50. The van der Waals surface area contributed by atoms with E-state index < -0.39 is 0 Å². The number of benzene rings is 2. The predicted octanol–water partition coefficient (Wildman–Crippen LogP) is 5.66. The van der Waals surface area contributed by atoms with Crippen LogP contribution in [0.4, 0.5) is 10.1 Å². The summed E-state index contributed by atoms with van der Waals surface area (Å²) < 4.78 is 20.4. The van der Waals surface area contributed by atoms with Crippen molar-refractivity contribution < 1.29 is 9.13 Å². The van der Waals surface area contributed by atoms with Crippen LogP contribution in [-0.4, -0.2) is 37.2 Å². The molecular formula is C26H37FN2O. The van der Waals surface area contributed by atoms with Gasteiger partial charge in [0.2, 0.25) is 0 Å². The summed E-state index contributed by atoms with van der Waals surface area (Å²) in [6.45, 7) is 13.8. The first-order valence-electron chi connectivity index (χ1n) is 11.4. The highest BCUT2D eigenvalue weighted by molar-refractivity contribution is 5.49. The fourth-order valence-electron chi connectivity index (χ4n) is 3.89. The standard InChI is InChI=1S/C26H37FN2O/c1-5-21(4)16-24-10-11-26(25(27)17-24)29-14-12-28(13-15-29)18-22-6-8-23(9-7-22)19-30-20(2)3/h6-11,17,20-21H,5,12-16,18-19H2,1-4H3. The molecule has 0 amide bonds. The van der Waals surface area contributed by atoms with Gasteiger partial charge in [-0.15, -0.1) is 0 Å². The first kappa shape index (κ1) is 22.8. The first-order valence-corrected chi connectivity index (χ1v) is 11.4. The van der Waals surface area contributed by atoms with E-state index >= 15 is 0 Å². The molecule has 1 fully saturated rings. The average Bonchev–Trinajstić information content (AvgIpc) is 2.74. The molecule has 1 aliphatic rings. The molecule has 0 radical (unpaired) electrons. The van der Waals surface area contributed by atoms with Crippen molar-refractivity contribution in [3.8, 4) is 0 Å². The Hall–Kier alpha value is -1.91. The van der Waals surface area contributed by atoms with Gasteiger partial charge in [0.1, 0.15) is 5.82 Å². The fourth-order valence-corrected chi connectivity index (χ4v) is 3.89. The lowest BCUT2D eigenvalue weighted by atomic mass is 9.98. The van der Waals surface area contributed by atoms with Gasteiger partial charge in [-0.05, 0) is 55.0 Å². The third-order valence-electron chi connectivity index (χ3n) is 6.02. The van der Waals surface area contributed by atoms with E-state index in [0.29, 0.717) is 12.5 Å². The van der Waals surface area contributed by atoms with Gasteiger partial charge in [-0.1, -0.05) is 50.6 Å². The molecule has 0 saturated carbocycles. The SMILES string of the molecule is CCC(C)Cc1ccc(N2CCN(Cc3ccc(COC(C)C)cc3)CC2)c(F)c1. The van der Waals surface area contributed by atoms with E-state index in [0.717, 1.165) is 56.8 Å². The Kier molecular flexibility index (Phi) is 8.29. The van der Waals surface area contributed by atoms with Gasteiger partial charge in [0, 0.05) is 32.7 Å². The lowest BCUT2D eigenvalue weighted by Crippen LogP contribution is -2.46. The average molecular weight is 413 g/mol. The number of piperazine rings is 1. The van der Waals surface area contributed by atoms with E-state index in [1.807, 2.05) is 6.07 Å². The molecule has 1 saturated heterocycles. The number of halogens is 1. The van der Waals surface area contributed by atoms with Crippen molar-refractivity contribution in [2.45, 2.75) is 59.8 Å². The van der Waals surface area contributed by atoms with Crippen LogP contribution in [0.5, 0.6) is 0 Å². The number of anilines is 1. The normalized spacial score (nSPS) is 16.3. The van der Waals surface area contributed by atoms with Crippen molar-refractivity contribution >= 4 is 5.69 Å². The molecule has 3 nitrogen and oxygen atoms in total. The largest absolute Gasteiger partial charge is 0.374 e. The molecule has 1 unspecified atom stereocenters. The number of hydrogen-bond acceptors (Lipinski definition) is 3. The third kappa shape index (κ3) is 6.55. The molecule has 1 heterocycles. The highest BCUT2D eigenvalue weighted by Crippen LogP contribution is 2.24. The predicted molar refractivity (Wildman–Crippen MR) is 123 cm³/mol. The second-order valence-electron chi connectivity index (χ2n) is 8.94. The maximum absolute atomic E-state index is 14.7. The Morgan fingerprint density at radius 2 is 1.53 bits per heavy atom. The molecular weight excluding hydrogens is 375 g/mol. The zero-order valence-electron chi connectivity index (χ0n) is 19.0. The summed E-state index contributed by atoms with van der Waals surface area (Å²) in [6.07, 6.45) is 2.32. The molecule has 0 aromatic heterocycles. The van der Waals surface area contributed by atoms with Crippen LogP contribution < -0.4 is 4.90 Å². The third-order valence-corrected chi connectivity index (χ3v) is 6.02. The minimum absolute atomic E-state index is 0.0801. The molecule has 4 heteroatoms. The zero-order valence-corrected chi connectivity index (χ0v) is 19.0. The molecule has 0 bridgehead atoms. The Bertz CT molecular complexity index is 782. The van der Waals surface area contributed by atoms with E-state index in [1.54, 1.807) is 6.07 Å². The number of rotatable bonds is 9. The number of ether oxygens (including phenoxy) is 1. The van der Waals surface area contributed by atoms with Gasteiger partial charge in [-0.2, -0.15) is 0 Å². The summed E-state index contributed by atoms with van der Waals surface area (Å²) in [5.74, 6) is 0.513. The molecule has 30 heavy (non-hydrogen) atoms. The maximum atomic E-state index is 14.7. The Morgan fingerprint density at radius 1 is 0.900 bits per heavy atom. The second kappa shape index (κ2) is 10.9. The number of nitrogens with zero attached hydrogens (tertiary/aromatic N) is 2. The van der Waals surface area contributed by atoms with Crippen LogP contribution in [0.1, 0.15) is 50.8 Å². The quantitative estimate of drug-likeness (QED) is 0.528. The van der Waals surface area contributed by atoms with Crippen LogP contribution in [0, 0.1) is 11.7 Å². The van der Waals surface area contributed by atoms with Crippen LogP contribution in [-0.2, 0) is 24.3 Å². The molecule has 0 spiro atoms. The first-order chi connectivity index (χ1) is 14.4. The molecule has 0 N–H and O–H groups in total. The van der Waals surface area contributed by atoms with Crippen molar-refractivity contribution in [2.24, 2.45) is 5.92 Å². The van der Waals surface area contributed by atoms with Crippen molar-refractivity contribution in [1.82, 2.24) is 4.90 Å². The van der Waals surface area contributed by atoms with Gasteiger partial charge in [0.15, 0.2) is 0 Å². The molecule has 1 aliphatic heterocycles. The smallest absolute Gasteiger partial charge is 0.146 e. The van der Waals surface area contributed by atoms with E-state index in [-0.39, 0.29) is 11.9 Å². The molecule has 1 atom stereocenters. The van der Waals surface area contributed by atoms with Crippen molar-refractivity contribution in [1.29, 1.82) is 0 Å². The van der Waals surface area contributed by atoms with Gasteiger partial charge in [-0.3, -0.25) is 4.90 Å². The van der Waals surface area contributed by atoms with Crippen molar-refractivity contribution in [3.05, 3.63) is 65.0 Å². The van der Waals surface area contributed by atoms with E-state index in [9.17, 15) is 4.39 Å². The molecule has 2 aromatic carbocycles. The second-order valence-corrected chi connectivity index (χ2v) is 8.94. The number of hydrogen-bond donors (Lipinski definition) is 0. The summed E-state index contributed by atoms with van der Waals surface area (Å²) >= 11 is 0. The molecule has 3 rings (SSSR count). The van der Waals surface area contributed by atoms with Crippen molar-refractivity contribution in [3.63, 3.8) is 0 Å². The summed E-state index contributed by atoms with van der Waals surface area (Å²) in [4.78, 5) is 4.64. The van der Waals surface area contributed by atoms with Gasteiger partial charge in [-0.25, -0.2) is 4.39 Å². The highest BCUT2D eigenvalue weighted by atomic mass is 19.1.